The van der Waals surface area contributed by atoms with Gasteiger partial charge < -0.3 is 9.64 Å². The third-order valence-corrected chi connectivity index (χ3v) is 2.88. The number of hydrogen-bond donors (Lipinski definition) is 0. The van der Waals surface area contributed by atoms with Crippen molar-refractivity contribution in [1.29, 1.82) is 10.5 Å². The van der Waals surface area contributed by atoms with Gasteiger partial charge in [0, 0.05) is 26.8 Å². The van der Waals surface area contributed by atoms with Gasteiger partial charge in [-0.15, -0.1) is 0 Å². The standard InChI is InChI=1S/C11H15N3O2/c1-14(6-2-5-12)10(15)11(9-13)3-7-16-8-4-11/h2-4,6-8H2,1H3. The van der Waals surface area contributed by atoms with Gasteiger partial charge >= 0.3 is 0 Å². The summed E-state index contributed by atoms with van der Waals surface area (Å²) in [4.78, 5) is 13.6. The molecular weight excluding hydrogens is 206 g/mol. The maximum absolute atomic E-state index is 12.1. The number of amides is 1. The first kappa shape index (κ1) is 12.5. The van der Waals surface area contributed by atoms with Crippen molar-refractivity contribution in [3.8, 4) is 12.1 Å². The summed E-state index contributed by atoms with van der Waals surface area (Å²) < 4.78 is 5.16. The van der Waals surface area contributed by atoms with Gasteiger partial charge in [-0.2, -0.15) is 10.5 Å². The molecule has 1 saturated heterocycles. The van der Waals surface area contributed by atoms with Crippen molar-refractivity contribution in [1.82, 2.24) is 4.90 Å². The second-order valence-electron chi connectivity index (χ2n) is 3.94. The smallest absolute Gasteiger partial charge is 0.243 e. The first-order valence-corrected chi connectivity index (χ1v) is 5.28. The van der Waals surface area contributed by atoms with Crippen LogP contribution >= 0.6 is 0 Å². The number of carbonyl (C=O) groups is 1. The van der Waals surface area contributed by atoms with Crippen LogP contribution in [-0.2, 0) is 9.53 Å². The Morgan fingerprint density at radius 2 is 2.06 bits per heavy atom. The van der Waals surface area contributed by atoms with Crippen LogP contribution < -0.4 is 0 Å². The largest absolute Gasteiger partial charge is 0.381 e. The number of rotatable bonds is 3. The SMILES string of the molecule is CN(CCC#N)C(=O)C1(C#N)CCOCC1. The summed E-state index contributed by atoms with van der Waals surface area (Å²) in [5.74, 6) is -0.187. The first-order chi connectivity index (χ1) is 7.66. The van der Waals surface area contributed by atoms with Crippen molar-refractivity contribution in [2.24, 2.45) is 5.41 Å². The Hall–Kier alpha value is -1.59. The zero-order chi connectivity index (χ0) is 12.0. The van der Waals surface area contributed by atoms with Crippen LogP contribution in [0, 0.1) is 28.1 Å². The first-order valence-electron chi connectivity index (χ1n) is 5.28. The van der Waals surface area contributed by atoms with Gasteiger partial charge in [-0.3, -0.25) is 4.79 Å². The lowest BCUT2D eigenvalue weighted by Crippen LogP contribution is -2.44. The molecule has 1 fully saturated rings. The van der Waals surface area contributed by atoms with E-state index in [0.717, 1.165) is 0 Å². The highest BCUT2D eigenvalue weighted by Crippen LogP contribution is 2.31. The Bertz CT molecular complexity index is 334. The Balaban J connectivity index is 2.69. The number of nitrogens with zero attached hydrogens (tertiary/aromatic N) is 3. The van der Waals surface area contributed by atoms with Gasteiger partial charge in [-0.05, 0) is 12.8 Å². The summed E-state index contributed by atoms with van der Waals surface area (Å²) in [7, 11) is 1.63. The zero-order valence-corrected chi connectivity index (χ0v) is 9.40. The predicted molar refractivity (Wildman–Crippen MR) is 56.0 cm³/mol. The van der Waals surface area contributed by atoms with Gasteiger partial charge in [0.05, 0.1) is 18.6 Å². The minimum Gasteiger partial charge on any atom is -0.381 e. The molecule has 0 spiro atoms. The molecule has 0 bridgehead atoms. The van der Waals surface area contributed by atoms with Crippen LogP contribution in [0.2, 0.25) is 0 Å². The minimum absolute atomic E-state index is 0.187. The van der Waals surface area contributed by atoms with E-state index >= 15 is 0 Å². The highest BCUT2D eigenvalue weighted by Gasteiger charge is 2.41. The van der Waals surface area contributed by atoms with E-state index in [2.05, 4.69) is 6.07 Å². The van der Waals surface area contributed by atoms with Gasteiger partial charge in [0.1, 0.15) is 5.41 Å². The van der Waals surface area contributed by atoms with Crippen LogP contribution in [0.5, 0.6) is 0 Å². The van der Waals surface area contributed by atoms with E-state index in [1.54, 1.807) is 7.05 Å². The fourth-order valence-electron chi connectivity index (χ4n) is 1.78. The van der Waals surface area contributed by atoms with Crippen molar-refractivity contribution in [3.05, 3.63) is 0 Å². The molecule has 0 aromatic heterocycles. The summed E-state index contributed by atoms with van der Waals surface area (Å²) >= 11 is 0. The molecule has 16 heavy (non-hydrogen) atoms. The monoisotopic (exact) mass is 221 g/mol. The second kappa shape index (κ2) is 5.48. The molecule has 0 aromatic rings. The average Bonchev–Trinajstić information content (AvgIpc) is 2.35. The molecule has 1 heterocycles. The molecule has 1 aliphatic heterocycles. The number of carbonyl (C=O) groups excluding carboxylic acids is 1. The highest BCUT2D eigenvalue weighted by atomic mass is 16.5. The molecule has 0 atom stereocenters. The third-order valence-electron chi connectivity index (χ3n) is 2.88. The molecule has 1 rings (SSSR count). The normalized spacial score (nSPS) is 18.2. The number of ether oxygens (including phenoxy) is 1. The van der Waals surface area contributed by atoms with Crippen molar-refractivity contribution in [2.45, 2.75) is 19.3 Å². The van der Waals surface area contributed by atoms with Crippen LogP contribution in [-0.4, -0.2) is 37.6 Å². The molecule has 0 aliphatic carbocycles. The molecule has 0 unspecified atom stereocenters. The lowest BCUT2D eigenvalue weighted by atomic mass is 9.80. The molecule has 1 aliphatic rings. The van der Waals surface area contributed by atoms with E-state index in [4.69, 9.17) is 15.3 Å². The summed E-state index contributed by atoms with van der Waals surface area (Å²) in [6, 6.07) is 4.11. The molecule has 0 aromatic carbocycles. The topological polar surface area (TPSA) is 77.1 Å². The summed E-state index contributed by atoms with van der Waals surface area (Å²) in [5.41, 5.74) is -0.942. The predicted octanol–water partition coefficient (Wildman–Crippen LogP) is 0.679. The fourth-order valence-corrected chi connectivity index (χ4v) is 1.78. The molecule has 0 radical (unpaired) electrons. The Kier molecular flexibility index (Phi) is 4.28. The van der Waals surface area contributed by atoms with E-state index in [-0.39, 0.29) is 5.91 Å². The summed E-state index contributed by atoms with van der Waals surface area (Å²) in [5, 5.41) is 17.6. The maximum Gasteiger partial charge on any atom is 0.243 e. The molecule has 5 heteroatoms. The van der Waals surface area contributed by atoms with E-state index in [9.17, 15) is 4.79 Å². The van der Waals surface area contributed by atoms with E-state index in [0.29, 0.717) is 39.0 Å². The van der Waals surface area contributed by atoms with Crippen LogP contribution in [0.1, 0.15) is 19.3 Å². The number of nitriles is 2. The molecule has 5 nitrogen and oxygen atoms in total. The molecule has 0 N–H and O–H groups in total. The lowest BCUT2D eigenvalue weighted by Gasteiger charge is -2.32. The molecular formula is C11H15N3O2. The summed E-state index contributed by atoms with van der Waals surface area (Å²) in [6.45, 7) is 1.27. The van der Waals surface area contributed by atoms with Gasteiger partial charge in [-0.1, -0.05) is 0 Å². The minimum atomic E-state index is -0.942. The molecule has 86 valence electrons. The van der Waals surface area contributed by atoms with Crippen LogP contribution in [0.25, 0.3) is 0 Å². The van der Waals surface area contributed by atoms with Crippen molar-refractivity contribution < 1.29 is 9.53 Å². The van der Waals surface area contributed by atoms with Gasteiger partial charge in [0.25, 0.3) is 0 Å². The van der Waals surface area contributed by atoms with Crippen LogP contribution in [0.3, 0.4) is 0 Å². The molecule has 1 amide bonds. The quantitative estimate of drug-likeness (QED) is 0.702. The maximum atomic E-state index is 12.1. The van der Waals surface area contributed by atoms with Gasteiger partial charge in [0.15, 0.2) is 0 Å². The van der Waals surface area contributed by atoms with E-state index in [1.165, 1.54) is 4.90 Å². The van der Waals surface area contributed by atoms with Crippen molar-refractivity contribution >= 4 is 5.91 Å². The van der Waals surface area contributed by atoms with Crippen molar-refractivity contribution in [2.75, 3.05) is 26.8 Å². The Labute approximate surface area is 95.2 Å². The third kappa shape index (κ3) is 2.50. The summed E-state index contributed by atoms with van der Waals surface area (Å²) in [6.07, 6.45) is 1.18. The average molecular weight is 221 g/mol. The van der Waals surface area contributed by atoms with Gasteiger partial charge in [0.2, 0.25) is 5.91 Å². The Morgan fingerprint density at radius 3 is 2.56 bits per heavy atom. The van der Waals surface area contributed by atoms with E-state index in [1.807, 2.05) is 6.07 Å². The van der Waals surface area contributed by atoms with Crippen molar-refractivity contribution in [3.63, 3.8) is 0 Å². The highest BCUT2D eigenvalue weighted by molar-refractivity contribution is 5.85. The zero-order valence-electron chi connectivity index (χ0n) is 9.40. The Morgan fingerprint density at radius 1 is 1.44 bits per heavy atom. The van der Waals surface area contributed by atoms with Crippen LogP contribution in [0.15, 0.2) is 0 Å². The number of hydrogen-bond acceptors (Lipinski definition) is 4. The molecule has 0 saturated carbocycles. The van der Waals surface area contributed by atoms with Gasteiger partial charge in [-0.25, -0.2) is 0 Å². The van der Waals surface area contributed by atoms with Crippen LogP contribution in [0.4, 0.5) is 0 Å². The lowest BCUT2D eigenvalue weighted by molar-refractivity contribution is -0.141. The fraction of sp³-hybridized carbons (Fsp3) is 0.727. The van der Waals surface area contributed by atoms with E-state index < -0.39 is 5.41 Å². The second-order valence-corrected chi connectivity index (χ2v) is 3.94.